The van der Waals surface area contributed by atoms with Gasteiger partial charge in [0.25, 0.3) is 0 Å². The van der Waals surface area contributed by atoms with Crippen LogP contribution in [-0.2, 0) is 9.47 Å². The van der Waals surface area contributed by atoms with Crippen LogP contribution in [-0.4, -0.2) is 30.9 Å². The number of allylic oxidation sites excluding steroid dienone is 1. The van der Waals surface area contributed by atoms with Crippen LogP contribution in [0.15, 0.2) is 43.5 Å². The first kappa shape index (κ1) is 18.4. The van der Waals surface area contributed by atoms with E-state index in [1.54, 1.807) is 13.0 Å². The fourth-order valence-electron chi connectivity index (χ4n) is 1.83. The second-order valence-corrected chi connectivity index (χ2v) is 4.66. The van der Waals surface area contributed by atoms with Gasteiger partial charge in [0.2, 0.25) is 0 Å². The minimum Gasteiger partial charge on any atom is -0.462 e. The van der Waals surface area contributed by atoms with Gasteiger partial charge in [0.1, 0.15) is 6.61 Å². The number of benzene rings is 1. The number of hydrogen-bond donors (Lipinski definition) is 0. The lowest BCUT2D eigenvalue weighted by molar-refractivity contribution is 0.0526. The van der Waals surface area contributed by atoms with E-state index in [-0.39, 0.29) is 42.1 Å². The van der Waals surface area contributed by atoms with Crippen LogP contribution in [0.5, 0.6) is 0 Å². The minimum atomic E-state index is -0.631. The number of rotatable bonds is 9. The quantitative estimate of drug-likeness (QED) is 0.397. The molecule has 5 nitrogen and oxygen atoms in total. The van der Waals surface area contributed by atoms with E-state index in [0.717, 1.165) is 0 Å². The lowest BCUT2D eigenvalue weighted by Gasteiger charge is -2.08. The number of Topliss-reactive ketones (excluding diaryl/α,β-unsaturated/α-hetero) is 1. The van der Waals surface area contributed by atoms with Gasteiger partial charge in [-0.1, -0.05) is 18.7 Å². The molecule has 0 unspecified atom stereocenters. The van der Waals surface area contributed by atoms with Crippen molar-refractivity contribution in [2.45, 2.75) is 19.8 Å². The molecule has 1 aromatic rings. The fraction of sp³-hybridized carbons (Fsp3) is 0.278. The Kier molecular flexibility index (Phi) is 7.47. The summed E-state index contributed by atoms with van der Waals surface area (Å²) in [6.07, 6.45) is 3.82. The highest BCUT2D eigenvalue weighted by molar-refractivity contribution is 6.03. The highest BCUT2D eigenvalue weighted by Gasteiger charge is 2.17. The fourth-order valence-corrected chi connectivity index (χ4v) is 1.83. The summed E-state index contributed by atoms with van der Waals surface area (Å²) < 4.78 is 9.88. The molecule has 0 saturated heterocycles. The molecule has 1 rings (SSSR count). The lowest BCUT2D eigenvalue weighted by Crippen LogP contribution is -2.12. The molecular weight excluding hydrogens is 296 g/mol. The number of ketones is 1. The number of esters is 2. The molecule has 0 atom stereocenters. The maximum Gasteiger partial charge on any atom is 0.338 e. The standard InChI is InChI=1S/C18H20O5/c1-4-7-8-16(19)13-10-14(17(20)22-6-3)12-15(11-13)18(21)23-9-5-2/h4-5,10-12H,1-2,6-9H2,3H3. The molecule has 0 spiro atoms. The predicted octanol–water partition coefficient (Wildman–Crippen LogP) is 3.36. The van der Waals surface area contributed by atoms with Crippen LogP contribution in [0.1, 0.15) is 50.8 Å². The molecule has 0 fully saturated rings. The molecule has 0 aliphatic rings. The number of carbonyl (C=O) groups excluding carboxylic acids is 3. The van der Waals surface area contributed by atoms with Gasteiger partial charge in [-0.3, -0.25) is 4.79 Å². The number of carbonyl (C=O) groups is 3. The topological polar surface area (TPSA) is 69.7 Å². The van der Waals surface area contributed by atoms with Gasteiger partial charge in [0, 0.05) is 12.0 Å². The minimum absolute atomic E-state index is 0.0439. The summed E-state index contributed by atoms with van der Waals surface area (Å²) >= 11 is 0. The van der Waals surface area contributed by atoms with E-state index >= 15 is 0 Å². The molecule has 1 aromatic carbocycles. The van der Waals surface area contributed by atoms with Crippen molar-refractivity contribution in [2.75, 3.05) is 13.2 Å². The van der Waals surface area contributed by atoms with Gasteiger partial charge < -0.3 is 9.47 Å². The van der Waals surface area contributed by atoms with Gasteiger partial charge in [0.15, 0.2) is 5.78 Å². The van der Waals surface area contributed by atoms with Crippen molar-refractivity contribution >= 4 is 17.7 Å². The summed E-state index contributed by atoms with van der Waals surface area (Å²) in [6.45, 7) is 8.95. The Morgan fingerprint density at radius 2 is 1.52 bits per heavy atom. The van der Waals surface area contributed by atoms with E-state index in [9.17, 15) is 14.4 Å². The third kappa shape index (κ3) is 5.54. The number of hydrogen-bond acceptors (Lipinski definition) is 5. The molecule has 0 aromatic heterocycles. The van der Waals surface area contributed by atoms with Crippen molar-refractivity contribution in [2.24, 2.45) is 0 Å². The summed E-state index contributed by atoms with van der Waals surface area (Å²) in [7, 11) is 0. The molecular formula is C18H20O5. The van der Waals surface area contributed by atoms with Gasteiger partial charge >= 0.3 is 11.9 Å². The Morgan fingerprint density at radius 1 is 0.957 bits per heavy atom. The molecule has 0 N–H and O–H groups in total. The van der Waals surface area contributed by atoms with Gasteiger partial charge in [-0.25, -0.2) is 9.59 Å². The second-order valence-electron chi connectivity index (χ2n) is 4.66. The maximum absolute atomic E-state index is 12.2. The second kappa shape index (κ2) is 9.35. The molecule has 0 bridgehead atoms. The van der Waals surface area contributed by atoms with Gasteiger partial charge in [0.05, 0.1) is 17.7 Å². The zero-order valence-corrected chi connectivity index (χ0v) is 13.2. The monoisotopic (exact) mass is 316 g/mol. The Hall–Kier alpha value is -2.69. The van der Waals surface area contributed by atoms with E-state index in [4.69, 9.17) is 9.47 Å². The van der Waals surface area contributed by atoms with Crippen LogP contribution in [0, 0.1) is 0 Å². The summed E-state index contributed by atoms with van der Waals surface area (Å²) in [5.74, 6) is -1.41. The summed E-state index contributed by atoms with van der Waals surface area (Å²) in [4.78, 5) is 36.0. The van der Waals surface area contributed by atoms with E-state index in [1.165, 1.54) is 24.3 Å². The number of ether oxygens (including phenoxy) is 2. The highest BCUT2D eigenvalue weighted by Crippen LogP contribution is 2.16. The molecule has 5 heteroatoms. The summed E-state index contributed by atoms with van der Waals surface area (Å²) in [6, 6.07) is 4.20. The Balaban J connectivity index is 3.18. The first-order valence-corrected chi connectivity index (χ1v) is 7.27. The van der Waals surface area contributed by atoms with Gasteiger partial charge in [-0.2, -0.15) is 0 Å². The SMILES string of the molecule is C=CCCC(=O)c1cc(C(=O)OCC)cc(C(=O)OCC=C)c1. The van der Waals surface area contributed by atoms with Gasteiger partial charge in [-0.05, 0) is 31.5 Å². The zero-order chi connectivity index (χ0) is 17.2. The van der Waals surface area contributed by atoms with Crippen molar-refractivity contribution in [3.8, 4) is 0 Å². The van der Waals surface area contributed by atoms with E-state index in [0.29, 0.717) is 6.42 Å². The zero-order valence-electron chi connectivity index (χ0n) is 13.2. The van der Waals surface area contributed by atoms with Crippen molar-refractivity contribution in [3.63, 3.8) is 0 Å². The average molecular weight is 316 g/mol. The highest BCUT2D eigenvalue weighted by atomic mass is 16.5. The molecule has 122 valence electrons. The van der Waals surface area contributed by atoms with E-state index in [1.807, 2.05) is 0 Å². The first-order valence-electron chi connectivity index (χ1n) is 7.27. The molecule has 0 aliphatic carbocycles. The average Bonchev–Trinajstić information content (AvgIpc) is 2.57. The molecule has 0 amide bonds. The molecule has 0 aliphatic heterocycles. The van der Waals surface area contributed by atoms with Crippen LogP contribution in [0.3, 0.4) is 0 Å². The van der Waals surface area contributed by atoms with Crippen LogP contribution in [0.4, 0.5) is 0 Å². The third-order valence-corrected chi connectivity index (χ3v) is 2.91. The smallest absolute Gasteiger partial charge is 0.338 e. The Bertz CT molecular complexity index is 574. The van der Waals surface area contributed by atoms with Gasteiger partial charge in [-0.15, -0.1) is 6.58 Å². The molecule has 23 heavy (non-hydrogen) atoms. The summed E-state index contributed by atoms with van der Waals surface area (Å²) in [5.41, 5.74) is 0.532. The largest absolute Gasteiger partial charge is 0.462 e. The van der Waals surface area contributed by atoms with E-state index < -0.39 is 11.9 Å². The third-order valence-electron chi connectivity index (χ3n) is 2.91. The molecule has 0 radical (unpaired) electrons. The summed E-state index contributed by atoms with van der Waals surface area (Å²) in [5, 5.41) is 0. The van der Waals surface area contributed by atoms with Crippen molar-refractivity contribution in [1.29, 1.82) is 0 Å². The Morgan fingerprint density at radius 3 is 2.04 bits per heavy atom. The van der Waals surface area contributed by atoms with Crippen LogP contribution in [0.25, 0.3) is 0 Å². The maximum atomic E-state index is 12.2. The van der Waals surface area contributed by atoms with E-state index in [2.05, 4.69) is 13.2 Å². The lowest BCUT2D eigenvalue weighted by atomic mass is 10.0. The van der Waals surface area contributed by atoms with Crippen LogP contribution < -0.4 is 0 Å². The van der Waals surface area contributed by atoms with Crippen molar-refractivity contribution < 1.29 is 23.9 Å². The normalized spacial score (nSPS) is 9.78. The first-order chi connectivity index (χ1) is 11.0. The Labute approximate surface area is 135 Å². The predicted molar refractivity (Wildman–Crippen MR) is 86.6 cm³/mol. The molecule has 0 saturated carbocycles. The van der Waals surface area contributed by atoms with Crippen molar-refractivity contribution in [3.05, 3.63) is 60.2 Å². The molecule has 0 heterocycles. The van der Waals surface area contributed by atoms with Crippen molar-refractivity contribution in [1.82, 2.24) is 0 Å². The van der Waals surface area contributed by atoms with Crippen LogP contribution >= 0.6 is 0 Å². The van der Waals surface area contributed by atoms with Crippen LogP contribution in [0.2, 0.25) is 0 Å².